The van der Waals surface area contributed by atoms with E-state index in [2.05, 4.69) is 22.9 Å². The van der Waals surface area contributed by atoms with Crippen molar-refractivity contribution in [3.05, 3.63) is 56.9 Å². The summed E-state index contributed by atoms with van der Waals surface area (Å²) < 4.78 is 2.11. The molecule has 0 radical (unpaired) electrons. The lowest BCUT2D eigenvalue weighted by Crippen LogP contribution is -2.04. The van der Waals surface area contributed by atoms with Crippen LogP contribution in [-0.4, -0.2) is 9.49 Å². The van der Waals surface area contributed by atoms with E-state index in [0.717, 1.165) is 11.1 Å². The molecule has 0 atom stereocenters. The molecule has 1 aromatic carbocycles. The van der Waals surface area contributed by atoms with Gasteiger partial charge in [-0.2, -0.15) is 0 Å². The quantitative estimate of drug-likeness (QED) is 0.685. The molecule has 1 N–H and O–H groups in total. The molecule has 20 heavy (non-hydrogen) atoms. The van der Waals surface area contributed by atoms with E-state index in [9.17, 15) is 10.1 Å². The van der Waals surface area contributed by atoms with E-state index in [4.69, 9.17) is 0 Å². The van der Waals surface area contributed by atoms with Crippen LogP contribution in [0.25, 0.3) is 0 Å². The smallest absolute Gasteiger partial charge is 0.292 e. The van der Waals surface area contributed by atoms with Crippen LogP contribution in [0.3, 0.4) is 0 Å². The number of rotatable bonds is 4. The minimum absolute atomic E-state index is 0.112. The second-order valence-electron chi connectivity index (χ2n) is 5.09. The average molecular weight is 273 g/mol. The van der Waals surface area contributed by atoms with Crippen LogP contribution >= 0.6 is 0 Å². The normalized spacial score (nSPS) is 10.6. The molecular weight excluding hydrogens is 254 g/mol. The highest BCUT2D eigenvalue weighted by atomic mass is 16.6. The van der Waals surface area contributed by atoms with Crippen molar-refractivity contribution in [3.63, 3.8) is 0 Å². The first-order valence-corrected chi connectivity index (χ1v) is 6.51. The van der Waals surface area contributed by atoms with Gasteiger partial charge in [0, 0.05) is 31.0 Å². The summed E-state index contributed by atoms with van der Waals surface area (Å²) in [7, 11) is 2.02. The molecule has 1 heterocycles. The highest BCUT2D eigenvalue weighted by Gasteiger charge is 2.14. The molecule has 0 aliphatic rings. The van der Waals surface area contributed by atoms with Gasteiger partial charge in [0.2, 0.25) is 0 Å². The average Bonchev–Trinajstić information content (AvgIpc) is 2.63. The highest BCUT2D eigenvalue weighted by molar-refractivity contribution is 5.62. The molecule has 2 rings (SSSR count). The zero-order chi connectivity index (χ0) is 14.9. The van der Waals surface area contributed by atoms with Crippen LogP contribution in [0.5, 0.6) is 0 Å². The number of aryl methyl sites for hydroxylation is 2. The van der Waals surface area contributed by atoms with Crippen molar-refractivity contribution in [1.82, 2.24) is 4.57 Å². The van der Waals surface area contributed by atoms with Gasteiger partial charge in [0.05, 0.1) is 4.92 Å². The van der Waals surface area contributed by atoms with Crippen molar-refractivity contribution in [1.29, 1.82) is 0 Å². The number of hydrogen-bond donors (Lipinski definition) is 1. The summed E-state index contributed by atoms with van der Waals surface area (Å²) >= 11 is 0. The molecule has 106 valence electrons. The summed E-state index contributed by atoms with van der Waals surface area (Å²) in [6.45, 7) is 6.60. The molecule has 0 spiro atoms. The van der Waals surface area contributed by atoms with E-state index in [1.165, 1.54) is 11.4 Å². The number of aromatic nitrogens is 1. The zero-order valence-corrected chi connectivity index (χ0v) is 12.2. The predicted octanol–water partition coefficient (Wildman–Crippen LogP) is 3.47. The zero-order valence-electron chi connectivity index (χ0n) is 12.2. The molecule has 0 aliphatic carbocycles. The fraction of sp³-hybridized carbons (Fsp3) is 0.333. The predicted molar refractivity (Wildman–Crippen MR) is 80.0 cm³/mol. The van der Waals surface area contributed by atoms with Gasteiger partial charge >= 0.3 is 0 Å². The Morgan fingerprint density at radius 2 is 1.95 bits per heavy atom. The molecule has 0 unspecified atom stereocenters. The number of benzene rings is 1. The lowest BCUT2D eigenvalue weighted by atomic mass is 10.2. The third-order valence-electron chi connectivity index (χ3n) is 3.70. The first-order chi connectivity index (χ1) is 9.40. The first-order valence-electron chi connectivity index (χ1n) is 6.51. The van der Waals surface area contributed by atoms with Crippen LogP contribution in [0, 0.1) is 30.9 Å². The molecule has 2 aromatic rings. The van der Waals surface area contributed by atoms with Crippen molar-refractivity contribution in [3.8, 4) is 0 Å². The number of nitro benzene ring substituents is 1. The van der Waals surface area contributed by atoms with Crippen LogP contribution in [0.4, 0.5) is 11.4 Å². The molecule has 1 aromatic heterocycles. The van der Waals surface area contributed by atoms with Gasteiger partial charge in [-0.05, 0) is 44.0 Å². The SMILES string of the molecule is Cc1ccc([N+](=O)[O-])c(NCc2cc(C)n(C)c2C)c1. The van der Waals surface area contributed by atoms with E-state index < -0.39 is 0 Å². The monoisotopic (exact) mass is 273 g/mol. The van der Waals surface area contributed by atoms with E-state index in [0.29, 0.717) is 12.2 Å². The van der Waals surface area contributed by atoms with Gasteiger partial charge in [0.15, 0.2) is 0 Å². The van der Waals surface area contributed by atoms with Crippen LogP contribution < -0.4 is 5.32 Å². The number of nitrogens with zero attached hydrogens (tertiary/aromatic N) is 2. The molecule has 5 nitrogen and oxygen atoms in total. The Labute approximate surface area is 118 Å². The third-order valence-corrected chi connectivity index (χ3v) is 3.70. The Kier molecular flexibility index (Phi) is 3.79. The van der Waals surface area contributed by atoms with Crippen LogP contribution in [-0.2, 0) is 13.6 Å². The third kappa shape index (κ3) is 2.66. The maximum Gasteiger partial charge on any atom is 0.292 e. The molecule has 0 fully saturated rings. The Bertz CT molecular complexity index is 659. The summed E-state index contributed by atoms with van der Waals surface area (Å²) in [6.07, 6.45) is 0. The van der Waals surface area contributed by atoms with Crippen molar-refractivity contribution < 1.29 is 4.92 Å². The topological polar surface area (TPSA) is 60.1 Å². The Morgan fingerprint density at radius 1 is 1.25 bits per heavy atom. The summed E-state index contributed by atoms with van der Waals surface area (Å²) in [5, 5.41) is 14.2. The molecule has 0 saturated heterocycles. The molecule has 0 saturated carbocycles. The maximum absolute atomic E-state index is 11.0. The second kappa shape index (κ2) is 5.36. The minimum Gasteiger partial charge on any atom is -0.375 e. The van der Waals surface area contributed by atoms with Gasteiger partial charge in [-0.1, -0.05) is 6.07 Å². The van der Waals surface area contributed by atoms with Gasteiger partial charge in [-0.3, -0.25) is 10.1 Å². The largest absolute Gasteiger partial charge is 0.375 e. The highest BCUT2D eigenvalue weighted by Crippen LogP contribution is 2.26. The standard InChI is InChI=1S/C15H19N3O2/c1-10-5-6-15(18(19)20)14(7-10)16-9-13-8-11(2)17(4)12(13)3/h5-8,16H,9H2,1-4H3. The van der Waals surface area contributed by atoms with Crippen LogP contribution in [0.1, 0.15) is 22.5 Å². The maximum atomic E-state index is 11.0. The van der Waals surface area contributed by atoms with Gasteiger partial charge in [-0.15, -0.1) is 0 Å². The van der Waals surface area contributed by atoms with E-state index in [-0.39, 0.29) is 10.6 Å². The van der Waals surface area contributed by atoms with Crippen molar-refractivity contribution >= 4 is 11.4 Å². The number of hydrogen-bond acceptors (Lipinski definition) is 3. The summed E-state index contributed by atoms with van der Waals surface area (Å²) in [4.78, 5) is 10.7. The Hall–Kier alpha value is -2.30. The molecule has 0 amide bonds. The number of anilines is 1. The van der Waals surface area contributed by atoms with Gasteiger partial charge < -0.3 is 9.88 Å². The van der Waals surface area contributed by atoms with E-state index >= 15 is 0 Å². The summed E-state index contributed by atoms with van der Waals surface area (Å²) in [5.41, 5.74) is 5.18. The van der Waals surface area contributed by atoms with E-state index in [1.54, 1.807) is 12.1 Å². The Balaban J connectivity index is 2.24. The molecule has 0 bridgehead atoms. The van der Waals surface area contributed by atoms with Gasteiger partial charge in [-0.25, -0.2) is 0 Å². The van der Waals surface area contributed by atoms with Crippen molar-refractivity contribution in [2.75, 3.05) is 5.32 Å². The fourth-order valence-electron chi connectivity index (χ4n) is 2.25. The van der Waals surface area contributed by atoms with Crippen molar-refractivity contribution in [2.45, 2.75) is 27.3 Å². The fourth-order valence-corrected chi connectivity index (χ4v) is 2.25. The van der Waals surface area contributed by atoms with Crippen LogP contribution in [0.15, 0.2) is 24.3 Å². The summed E-state index contributed by atoms with van der Waals surface area (Å²) in [6, 6.07) is 7.20. The Morgan fingerprint density at radius 3 is 2.50 bits per heavy atom. The van der Waals surface area contributed by atoms with Crippen molar-refractivity contribution in [2.24, 2.45) is 7.05 Å². The van der Waals surface area contributed by atoms with Crippen LogP contribution in [0.2, 0.25) is 0 Å². The van der Waals surface area contributed by atoms with E-state index in [1.807, 2.05) is 27.0 Å². The molecule has 5 heteroatoms. The number of nitro groups is 1. The molecular formula is C15H19N3O2. The lowest BCUT2D eigenvalue weighted by Gasteiger charge is -2.08. The second-order valence-corrected chi connectivity index (χ2v) is 5.09. The first kappa shape index (κ1) is 14.1. The molecule has 0 aliphatic heterocycles. The van der Waals surface area contributed by atoms with Gasteiger partial charge in [0.1, 0.15) is 5.69 Å². The van der Waals surface area contributed by atoms with Gasteiger partial charge in [0.25, 0.3) is 5.69 Å². The lowest BCUT2D eigenvalue weighted by molar-refractivity contribution is -0.384. The number of nitrogens with one attached hydrogen (secondary N) is 1. The summed E-state index contributed by atoms with van der Waals surface area (Å²) in [5.74, 6) is 0. The minimum atomic E-state index is -0.356.